The number of amides is 1. The topological polar surface area (TPSA) is 97.0 Å². The first-order valence-electron chi connectivity index (χ1n) is 9.46. The second kappa shape index (κ2) is 7.55. The zero-order chi connectivity index (χ0) is 19.7. The molecule has 0 bridgehead atoms. The molecule has 1 N–H and O–H groups in total. The van der Waals surface area contributed by atoms with Gasteiger partial charge in [0, 0.05) is 45.3 Å². The maximum atomic E-state index is 12.4. The molecule has 148 valence electrons. The fraction of sp³-hybridized carbons (Fsp3) is 0.500. The van der Waals surface area contributed by atoms with Crippen LogP contribution in [0.5, 0.6) is 0 Å². The summed E-state index contributed by atoms with van der Waals surface area (Å²) >= 11 is 0. The second-order valence-electron chi connectivity index (χ2n) is 7.27. The van der Waals surface area contributed by atoms with Gasteiger partial charge in [-0.2, -0.15) is 10.2 Å². The summed E-state index contributed by atoms with van der Waals surface area (Å²) in [5, 5.41) is 12.4. The lowest BCUT2D eigenvalue weighted by molar-refractivity contribution is -0.117. The first-order chi connectivity index (χ1) is 13.5. The van der Waals surface area contributed by atoms with Crippen LogP contribution in [-0.4, -0.2) is 73.1 Å². The van der Waals surface area contributed by atoms with E-state index in [0.717, 1.165) is 48.8 Å². The van der Waals surface area contributed by atoms with E-state index in [1.807, 2.05) is 37.8 Å². The van der Waals surface area contributed by atoms with Crippen LogP contribution in [0.4, 0.5) is 11.6 Å². The molecule has 28 heavy (non-hydrogen) atoms. The first-order valence-corrected chi connectivity index (χ1v) is 9.46. The van der Waals surface area contributed by atoms with Crippen molar-refractivity contribution in [2.75, 3.05) is 42.9 Å². The van der Waals surface area contributed by atoms with Gasteiger partial charge in [0.25, 0.3) is 0 Å². The summed E-state index contributed by atoms with van der Waals surface area (Å²) in [6, 6.07) is 2.02. The Kier molecular flexibility index (Phi) is 4.95. The van der Waals surface area contributed by atoms with Crippen LogP contribution in [0.25, 0.3) is 11.0 Å². The van der Waals surface area contributed by atoms with Gasteiger partial charge >= 0.3 is 0 Å². The number of aromatic nitrogens is 6. The van der Waals surface area contributed by atoms with Gasteiger partial charge in [0.15, 0.2) is 5.65 Å². The van der Waals surface area contributed by atoms with Crippen molar-refractivity contribution in [2.24, 2.45) is 7.05 Å². The highest BCUT2D eigenvalue weighted by molar-refractivity contribution is 5.91. The largest absolute Gasteiger partial charge is 0.353 e. The van der Waals surface area contributed by atoms with E-state index in [1.165, 1.54) is 0 Å². The lowest BCUT2D eigenvalue weighted by atomic mass is 10.2. The van der Waals surface area contributed by atoms with Crippen LogP contribution in [0.1, 0.15) is 19.9 Å². The number of aryl methyl sites for hydroxylation is 1. The molecule has 0 spiro atoms. The highest BCUT2D eigenvalue weighted by atomic mass is 16.2. The molecule has 3 aromatic heterocycles. The molecule has 1 aliphatic heterocycles. The molecule has 0 aromatic carbocycles. The maximum Gasteiger partial charge on any atom is 0.239 e. The Bertz CT molecular complexity index is 969. The third kappa shape index (κ3) is 3.55. The normalized spacial score (nSPS) is 15.5. The predicted octanol–water partition coefficient (Wildman–Crippen LogP) is 0.901. The predicted molar refractivity (Wildman–Crippen MR) is 106 cm³/mol. The minimum Gasteiger partial charge on any atom is -0.353 e. The average Bonchev–Trinajstić information content (AvgIpc) is 3.29. The molecule has 4 heterocycles. The van der Waals surface area contributed by atoms with Gasteiger partial charge < -0.3 is 10.2 Å². The number of rotatable bonds is 5. The summed E-state index contributed by atoms with van der Waals surface area (Å²) in [6.45, 7) is 7.63. The van der Waals surface area contributed by atoms with E-state index in [4.69, 9.17) is 0 Å². The van der Waals surface area contributed by atoms with Gasteiger partial charge in [-0.1, -0.05) is 0 Å². The zero-order valence-corrected chi connectivity index (χ0v) is 16.4. The van der Waals surface area contributed by atoms with E-state index in [1.54, 1.807) is 17.2 Å². The molecule has 1 amide bonds. The molecule has 4 rings (SSSR count). The number of carbonyl (C=O) groups is 1. The van der Waals surface area contributed by atoms with Crippen molar-refractivity contribution in [3.8, 4) is 0 Å². The quantitative estimate of drug-likeness (QED) is 0.699. The molecular weight excluding hydrogens is 358 g/mol. The van der Waals surface area contributed by atoms with Crippen LogP contribution in [0.15, 0.2) is 24.8 Å². The fourth-order valence-corrected chi connectivity index (χ4v) is 3.53. The molecule has 10 nitrogen and oxygen atoms in total. The standard InChI is InChI=1S/C18H25N9O/c1-13(2)27-15(4-5-21-27)23-16(28)11-25-6-8-26(9-7-25)18-14-10-22-24(3)17(14)19-12-20-18/h4-5,10,12-13H,6-9,11H2,1-3H3,(H,23,28). The van der Waals surface area contributed by atoms with E-state index in [-0.39, 0.29) is 11.9 Å². The van der Waals surface area contributed by atoms with Crippen molar-refractivity contribution in [1.29, 1.82) is 0 Å². The summed E-state index contributed by atoms with van der Waals surface area (Å²) in [6.07, 6.45) is 5.09. The van der Waals surface area contributed by atoms with Crippen molar-refractivity contribution in [3.05, 3.63) is 24.8 Å². The second-order valence-corrected chi connectivity index (χ2v) is 7.27. The van der Waals surface area contributed by atoms with E-state index < -0.39 is 0 Å². The molecule has 1 fully saturated rings. The van der Waals surface area contributed by atoms with E-state index >= 15 is 0 Å². The third-order valence-electron chi connectivity index (χ3n) is 4.97. The van der Waals surface area contributed by atoms with Gasteiger partial charge in [0.1, 0.15) is 18.0 Å². The fourth-order valence-electron chi connectivity index (χ4n) is 3.53. The van der Waals surface area contributed by atoms with Gasteiger partial charge in [-0.3, -0.25) is 14.4 Å². The summed E-state index contributed by atoms with van der Waals surface area (Å²) in [7, 11) is 1.88. The van der Waals surface area contributed by atoms with E-state index in [0.29, 0.717) is 6.54 Å². The third-order valence-corrected chi connectivity index (χ3v) is 4.97. The maximum absolute atomic E-state index is 12.4. The molecule has 10 heteroatoms. The van der Waals surface area contributed by atoms with Crippen molar-refractivity contribution >= 4 is 28.6 Å². The summed E-state index contributed by atoms with van der Waals surface area (Å²) in [5.41, 5.74) is 0.827. The Morgan fingerprint density at radius 2 is 1.96 bits per heavy atom. The van der Waals surface area contributed by atoms with Gasteiger partial charge in [0.05, 0.1) is 24.3 Å². The Morgan fingerprint density at radius 1 is 1.18 bits per heavy atom. The average molecular weight is 383 g/mol. The molecule has 3 aromatic rings. The van der Waals surface area contributed by atoms with Crippen molar-refractivity contribution < 1.29 is 4.79 Å². The Hall–Kier alpha value is -3.01. The number of carbonyl (C=O) groups excluding carboxylic acids is 1. The Morgan fingerprint density at radius 3 is 2.71 bits per heavy atom. The van der Waals surface area contributed by atoms with Crippen molar-refractivity contribution in [3.63, 3.8) is 0 Å². The van der Waals surface area contributed by atoms with Gasteiger partial charge in [-0.15, -0.1) is 0 Å². The van der Waals surface area contributed by atoms with E-state index in [9.17, 15) is 4.79 Å². The molecule has 0 atom stereocenters. The lowest BCUT2D eigenvalue weighted by Gasteiger charge is -2.35. The van der Waals surface area contributed by atoms with Crippen LogP contribution < -0.4 is 10.2 Å². The minimum atomic E-state index is -0.0208. The number of anilines is 2. The van der Waals surface area contributed by atoms with Gasteiger partial charge in [-0.05, 0) is 13.8 Å². The number of hydrogen-bond donors (Lipinski definition) is 1. The summed E-state index contributed by atoms with van der Waals surface area (Å²) < 4.78 is 3.56. The van der Waals surface area contributed by atoms with Gasteiger partial charge in [-0.25, -0.2) is 14.6 Å². The molecule has 0 saturated carbocycles. The van der Waals surface area contributed by atoms with Crippen LogP contribution in [0.2, 0.25) is 0 Å². The molecule has 0 radical (unpaired) electrons. The molecule has 1 aliphatic rings. The number of fused-ring (bicyclic) bond motifs is 1. The van der Waals surface area contributed by atoms with Crippen LogP contribution in [0, 0.1) is 0 Å². The smallest absolute Gasteiger partial charge is 0.239 e. The zero-order valence-electron chi connectivity index (χ0n) is 16.4. The van der Waals surface area contributed by atoms with Crippen LogP contribution in [-0.2, 0) is 11.8 Å². The molecule has 0 aliphatic carbocycles. The van der Waals surface area contributed by atoms with Crippen LogP contribution in [0.3, 0.4) is 0 Å². The number of nitrogens with one attached hydrogen (secondary N) is 1. The summed E-state index contributed by atoms with van der Waals surface area (Å²) in [4.78, 5) is 25.6. The Balaban J connectivity index is 1.35. The lowest BCUT2D eigenvalue weighted by Crippen LogP contribution is -2.49. The highest BCUT2D eigenvalue weighted by Gasteiger charge is 2.22. The van der Waals surface area contributed by atoms with E-state index in [2.05, 4.69) is 35.3 Å². The highest BCUT2D eigenvalue weighted by Crippen LogP contribution is 2.23. The van der Waals surface area contributed by atoms with Crippen molar-refractivity contribution in [2.45, 2.75) is 19.9 Å². The molecule has 0 unspecified atom stereocenters. The number of nitrogens with zero attached hydrogens (tertiary/aromatic N) is 8. The minimum absolute atomic E-state index is 0.0208. The molecule has 1 saturated heterocycles. The van der Waals surface area contributed by atoms with Crippen molar-refractivity contribution in [1.82, 2.24) is 34.4 Å². The van der Waals surface area contributed by atoms with Gasteiger partial charge in [0.2, 0.25) is 5.91 Å². The molecular formula is C18H25N9O. The first kappa shape index (κ1) is 18.4. The SMILES string of the molecule is CC(C)n1nccc1NC(=O)CN1CCN(c2ncnc3c2cnn3C)CC1. The van der Waals surface area contributed by atoms with Crippen LogP contribution >= 0.6 is 0 Å². The Labute approximate surface area is 163 Å². The summed E-state index contributed by atoms with van der Waals surface area (Å²) in [5.74, 6) is 1.62. The number of hydrogen-bond acceptors (Lipinski definition) is 7. The monoisotopic (exact) mass is 383 g/mol. The number of piperazine rings is 1.